The number of nitrogens with one attached hydrogen (secondary N) is 1. The normalized spacial score (nSPS) is 10.1. The van der Waals surface area contributed by atoms with Crippen LogP contribution in [-0.2, 0) is 5.75 Å². The van der Waals surface area contributed by atoms with E-state index in [1.807, 2.05) is 0 Å². The van der Waals surface area contributed by atoms with Gasteiger partial charge in [0.25, 0.3) is 0 Å². The van der Waals surface area contributed by atoms with Crippen molar-refractivity contribution >= 4 is 17.6 Å². The van der Waals surface area contributed by atoms with Gasteiger partial charge in [-0.15, -0.1) is 5.10 Å². The number of nitrogen functional groups attached to an aromatic ring is 1. The van der Waals surface area contributed by atoms with Crippen LogP contribution >= 0.6 is 11.8 Å². The van der Waals surface area contributed by atoms with Crippen LogP contribution in [0.1, 0.15) is 12.6 Å². The van der Waals surface area contributed by atoms with Crippen molar-refractivity contribution in [1.82, 2.24) is 15.4 Å². The first kappa shape index (κ1) is 7.40. The Hall–Kier alpha value is -0.710. The van der Waals surface area contributed by atoms with Crippen molar-refractivity contribution in [2.24, 2.45) is 0 Å². The van der Waals surface area contributed by atoms with Gasteiger partial charge in [0.05, 0.1) is 0 Å². The highest BCUT2D eigenvalue weighted by Crippen LogP contribution is 2.12. The molecular formula is C5H10N4S. The van der Waals surface area contributed by atoms with E-state index in [1.54, 1.807) is 11.8 Å². The van der Waals surface area contributed by atoms with Gasteiger partial charge >= 0.3 is 0 Å². The van der Waals surface area contributed by atoms with Crippen LogP contribution in [0.4, 0.5) is 5.82 Å². The van der Waals surface area contributed by atoms with Gasteiger partial charge in [-0.1, -0.05) is 6.92 Å². The van der Waals surface area contributed by atoms with Crippen LogP contribution in [-0.4, -0.2) is 21.2 Å². The Morgan fingerprint density at radius 3 is 2.90 bits per heavy atom. The van der Waals surface area contributed by atoms with E-state index in [1.165, 1.54) is 0 Å². The minimum absolute atomic E-state index is 0.515. The average molecular weight is 158 g/mol. The number of hydrogen-bond acceptors (Lipinski definition) is 4. The van der Waals surface area contributed by atoms with Crippen molar-refractivity contribution < 1.29 is 0 Å². The van der Waals surface area contributed by atoms with Gasteiger partial charge in [-0.3, -0.25) is 0 Å². The molecule has 0 amide bonds. The number of nitrogens with two attached hydrogens (primary N) is 1. The predicted octanol–water partition coefficient (Wildman–Crippen LogP) is 0.640. The number of rotatable bonds is 3. The number of aromatic nitrogens is 3. The summed E-state index contributed by atoms with van der Waals surface area (Å²) in [5, 5.41) is 10.0. The van der Waals surface area contributed by atoms with Crippen LogP contribution in [0.2, 0.25) is 0 Å². The summed E-state index contributed by atoms with van der Waals surface area (Å²) in [4.78, 5) is 0. The van der Waals surface area contributed by atoms with Gasteiger partial charge in [-0.05, 0) is 5.75 Å². The quantitative estimate of drug-likeness (QED) is 0.677. The molecule has 0 aliphatic carbocycles. The zero-order chi connectivity index (χ0) is 7.40. The number of thioether (sulfide) groups is 1. The zero-order valence-electron chi connectivity index (χ0n) is 5.79. The summed E-state index contributed by atoms with van der Waals surface area (Å²) in [5.41, 5.74) is 6.32. The molecule has 0 saturated carbocycles. The smallest absolute Gasteiger partial charge is 0.169 e. The third-order valence-corrected chi connectivity index (χ3v) is 1.98. The Kier molecular flexibility index (Phi) is 2.56. The second kappa shape index (κ2) is 3.46. The summed E-state index contributed by atoms with van der Waals surface area (Å²) >= 11 is 1.78. The highest BCUT2D eigenvalue weighted by molar-refractivity contribution is 7.98. The number of hydrogen-bond donors (Lipinski definition) is 2. The van der Waals surface area contributed by atoms with Gasteiger partial charge in [0.1, 0.15) is 5.69 Å². The van der Waals surface area contributed by atoms with Crippen LogP contribution in [0.5, 0.6) is 0 Å². The summed E-state index contributed by atoms with van der Waals surface area (Å²) < 4.78 is 0. The summed E-state index contributed by atoms with van der Waals surface area (Å²) in [7, 11) is 0. The molecule has 0 atom stereocenters. The second-order valence-electron chi connectivity index (χ2n) is 1.79. The number of H-pyrrole nitrogens is 1. The number of aromatic amines is 1. The van der Waals surface area contributed by atoms with Gasteiger partial charge in [-0.2, -0.15) is 22.1 Å². The molecule has 0 spiro atoms. The van der Waals surface area contributed by atoms with Crippen molar-refractivity contribution in [2.45, 2.75) is 12.7 Å². The molecule has 0 unspecified atom stereocenters. The molecule has 4 nitrogen and oxygen atoms in total. The summed E-state index contributed by atoms with van der Waals surface area (Å²) in [6, 6.07) is 0. The van der Waals surface area contributed by atoms with E-state index in [-0.39, 0.29) is 0 Å². The van der Waals surface area contributed by atoms with Crippen LogP contribution in [0.15, 0.2) is 0 Å². The summed E-state index contributed by atoms with van der Waals surface area (Å²) in [5.74, 6) is 2.44. The molecule has 0 bridgehead atoms. The largest absolute Gasteiger partial charge is 0.381 e. The number of nitrogens with zero attached hydrogens (tertiary/aromatic N) is 2. The van der Waals surface area contributed by atoms with E-state index in [9.17, 15) is 0 Å². The van der Waals surface area contributed by atoms with Crippen LogP contribution in [0.25, 0.3) is 0 Å². The van der Waals surface area contributed by atoms with E-state index in [4.69, 9.17) is 5.73 Å². The third kappa shape index (κ3) is 1.63. The summed E-state index contributed by atoms with van der Waals surface area (Å²) in [6.45, 7) is 2.10. The SMILES string of the molecule is CCSCc1n[nH]nc1N. The molecule has 10 heavy (non-hydrogen) atoms. The molecule has 1 rings (SSSR count). The molecule has 5 heteroatoms. The fourth-order valence-corrected chi connectivity index (χ4v) is 1.18. The average Bonchev–Trinajstić information content (AvgIpc) is 2.31. The molecule has 0 saturated heterocycles. The second-order valence-corrected chi connectivity index (χ2v) is 3.07. The first-order chi connectivity index (χ1) is 4.84. The van der Waals surface area contributed by atoms with Crippen molar-refractivity contribution in [3.63, 3.8) is 0 Å². The molecule has 1 aromatic heterocycles. The lowest BCUT2D eigenvalue weighted by molar-refractivity contribution is 0.927. The molecule has 1 heterocycles. The van der Waals surface area contributed by atoms with Gasteiger partial charge in [0.15, 0.2) is 5.82 Å². The van der Waals surface area contributed by atoms with E-state index >= 15 is 0 Å². The van der Waals surface area contributed by atoms with Gasteiger partial charge in [0, 0.05) is 5.75 Å². The van der Waals surface area contributed by atoms with Crippen LogP contribution in [0.3, 0.4) is 0 Å². The Morgan fingerprint density at radius 2 is 2.40 bits per heavy atom. The first-order valence-electron chi connectivity index (χ1n) is 3.07. The Bertz CT molecular complexity index is 197. The maximum atomic E-state index is 5.46. The standard InChI is InChI=1S/C5H10N4S/c1-2-10-3-4-5(6)8-9-7-4/h2-3H2,1H3,(H3,6,7,8,9). The molecule has 0 aliphatic heterocycles. The highest BCUT2D eigenvalue weighted by atomic mass is 32.2. The van der Waals surface area contributed by atoms with Crippen LogP contribution < -0.4 is 5.73 Å². The van der Waals surface area contributed by atoms with E-state index in [2.05, 4.69) is 22.3 Å². The molecule has 0 radical (unpaired) electrons. The van der Waals surface area contributed by atoms with Gasteiger partial charge in [-0.25, -0.2) is 0 Å². The Morgan fingerprint density at radius 1 is 1.60 bits per heavy atom. The summed E-state index contributed by atoms with van der Waals surface area (Å²) in [6.07, 6.45) is 0. The first-order valence-corrected chi connectivity index (χ1v) is 4.23. The fourth-order valence-electron chi connectivity index (χ4n) is 0.566. The highest BCUT2D eigenvalue weighted by Gasteiger charge is 2.01. The molecule has 1 aromatic rings. The van der Waals surface area contributed by atoms with Crippen molar-refractivity contribution in [1.29, 1.82) is 0 Å². The fraction of sp³-hybridized carbons (Fsp3) is 0.600. The van der Waals surface area contributed by atoms with Crippen molar-refractivity contribution in [2.75, 3.05) is 11.5 Å². The molecule has 0 aliphatic rings. The molecule has 3 N–H and O–H groups in total. The molecule has 0 fully saturated rings. The van der Waals surface area contributed by atoms with E-state index < -0.39 is 0 Å². The zero-order valence-corrected chi connectivity index (χ0v) is 6.61. The van der Waals surface area contributed by atoms with Gasteiger partial charge < -0.3 is 5.73 Å². The maximum Gasteiger partial charge on any atom is 0.169 e. The lowest BCUT2D eigenvalue weighted by atomic mass is 10.5. The monoisotopic (exact) mass is 158 g/mol. The topological polar surface area (TPSA) is 67.6 Å². The molecular weight excluding hydrogens is 148 g/mol. The molecule has 0 aromatic carbocycles. The predicted molar refractivity (Wildman–Crippen MR) is 42.6 cm³/mol. The van der Waals surface area contributed by atoms with Crippen LogP contribution in [0, 0.1) is 0 Å². The minimum atomic E-state index is 0.515. The van der Waals surface area contributed by atoms with Crippen molar-refractivity contribution in [3.05, 3.63) is 5.69 Å². The maximum absolute atomic E-state index is 5.46. The lowest BCUT2D eigenvalue weighted by Gasteiger charge is -1.91. The van der Waals surface area contributed by atoms with Gasteiger partial charge in [0.2, 0.25) is 0 Å². The number of anilines is 1. The molecule has 56 valence electrons. The van der Waals surface area contributed by atoms with E-state index in [0.717, 1.165) is 17.2 Å². The minimum Gasteiger partial charge on any atom is -0.381 e. The third-order valence-electron chi connectivity index (χ3n) is 1.09. The lowest BCUT2D eigenvalue weighted by Crippen LogP contribution is -1.90. The van der Waals surface area contributed by atoms with E-state index in [0.29, 0.717) is 5.82 Å². The Labute approximate surface area is 63.6 Å². The Balaban J connectivity index is 2.49. The van der Waals surface area contributed by atoms with Crippen molar-refractivity contribution in [3.8, 4) is 0 Å².